The molecule has 1 atom stereocenters. The summed E-state index contributed by atoms with van der Waals surface area (Å²) in [5.74, 6) is -0.00678. The van der Waals surface area contributed by atoms with E-state index in [0.717, 1.165) is 16.6 Å². The number of fused-ring (bicyclic) bond motifs is 1. The number of aryl methyl sites for hydroxylation is 1. The Labute approximate surface area is 173 Å². The summed E-state index contributed by atoms with van der Waals surface area (Å²) >= 11 is 14.2. The average Bonchev–Trinajstić information content (AvgIpc) is 3.00. The number of rotatable bonds is 2. The lowest BCUT2D eigenvalue weighted by Gasteiger charge is -2.41. The van der Waals surface area contributed by atoms with Crippen molar-refractivity contribution in [2.24, 2.45) is 0 Å². The van der Waals surface area contributed by atoms with E-state index in [-0.39, 0.29) is 11.9 Å². The Morgan fingerprint density at radius 2 is 1.85 bits per heavy atom. The summed E-state index contributed by atoms with van der Waals surface area (Å²) in [5.41, 5.74) is 2.45. The molecule has 0 aliphatic carbocycles. The summed E-state index contributed by atoms with van der Waals surface area (Å²) in [6, 6.07) is 14.4. The summed E-state index contributed by atoms with van der Waals surface area (Å²) in [5, 5.41) is 1.84. The number of carbonyl (C=O) groups is 1. The highest BCUT2D eigenvalue weighted by Gasteiger charge is 2.30. The van der Waals surface area contributed by atoms with Gasteiger partial charge in [-0.25, -0.2) is 0 Å². The third-order valence-corrected chi connectivity index (χ3v) is 7.03. The molecule has 1 aliphatic rings. The van der Waals surface area contributed by atoms with Crippen molar-refractivity contribution < 1.29 is 4.79 Å². The van der Waals surface area contributed by atoms with Crippen LogP contribution < -0.4 is 4.90 Å². The highest BCUT2D eigenvalue weighted by Crippen LogP contribution is 2.40. The van der Waals surface area contributed by atoms with Crippen LogP contribution in [0.15, 0.2) is 42.5 Å². The van der Waals surface area contributed by atoms with Crippen molar-refractivity contribution >= 4 is 56.2 Å². The number of hydrogen-bond donors (Lipinski definition) is 0. The van der Waals surface area contributed by atoms with E-state index in [4.69, 9.17) is 23.2 Å². The van der Waals surface area contributed by atoms with Gasteiger partial charge in [-0.05, 0) is 38.1 Å². The number of piperazine rings is 1. The molecule has 4 rings (SSSR count). The summed E-state index contributed by atoms with van der Waals surface area (Å²) in [7, 11) is 0. The molecule has 3 aromatic rings. The van der Waals surface area contributed by atoms with E-state index in [1.165, 1.54) is 22.6 Å². The van der Waals surface area contributed by atoms with Gasteiger partial charge in [0.15, 0.2) is 0 Å². The number of hydrogen-bond acceptors (Lipinski definition) is 3. The number of halogens is 2. The lowest BCUT2D eigenvalue weighted by Crippen LogP contribution is -2.53. The maximum atomic E-state index is 13.1. The van der Waals surface area contributed by atoms with Gasteiger partial charge in [0.2, 0.25) is 0 Å². The third-order valence-electron chi connectivity index (χ3n) is 5.08. The van der Waals surface area contributed by atoms with Gasteiger partial charge in [0, 0.05) is 41.4 Å². The molecule has 27 heavy (non-hydrogen) atoms. The SMILES string of the molecule is Cc1ccc(N2CCN(C(=O)c3sc4cccc(Cl)c4c3Cl)C[C@H]2C)cc1. The van der Waals surface area contributed by atoms with Crippen molar-refractivity contribution in [2.45, 2.75) is 19.9 Å². The van der Waals surface area contributed by atoms with E-state index >= 15 is 0 Å². The standard InChI is InChI=1S/C21H20Cl2N2OS/c1-13-6-8-15(9-7-13)25-11-10-24(12-14(25)2)21(26)20-19(23)18-16(22)4-3-5-17(18)27-20/h3-9,14H,10-12H2,1-2H3/t14-/m1/s1. The molecule has 0 N–H and O–H groups in total. The number of thiophene rings is 1. The van der Waals surface area contributed by atoms with Crippen LogP contribution in [-0.2, 0) is 0 Å². The quantitative estimate of drug-likeness (QED) is 0.519. The van der Waals surface area contributed by atoms with E-state index in [1.807, 2.05) is 17.0 Å². The second kappa shape index (κ2) is 7.34. The Balaban J connectivity index is 1.55. The van der Waals surface area contributed by atoms with Crippen LogP contribution in [-0.4, -0.2) is 36.5 Å². The average molecular weight is 419 g/mol. The highest BCUT2D eigenvalue weighted by molar-refractivity contribution is 7.21. The first kappa shape index (κ1) is 18.6. The summed E-state index contributed by atoms with van der Waals surface area (Å²) in [6.45, 7) is 6.40. The molecule has 1 amide bonds. The van der Waals surface area contributed by atoms with Crippen LogP contribution in [0.1, 0.15) is 22.2 Å². The predicted molar refractivity (Wildman–Crippen MR) is 116 cm³/mol. The van der Waals surface area contributed by atoms with E-state index < -0.39 is 0 Å². The van der Waals surface area contributed by atoms with E-state index in [2.05, 4.69) is 43.0 Å². The third kappa shape index (κ3) is 3.42. The minimum absolute atomic E-state index is 0.00678. The fourth-order valence-electron chi connectivity index (χ4n) is 3.61. The molecular formula is C21H20Cl2N2OS. The molecule has 0 spiro atoms. The van der Waals surface area contributed by atoms with Crippen LogP contribution >= 0.6 is 34.5 Å². The summed E-state index contributed by atoms with van der Waals surface area (Å²) in [6.07, 6.45) is 0. The van der Waals surface area contributed by atoms with Gasteiger partial charge in [-0.15, -0.1) is 11.3 Å². The lowest BCUT2D eigenvalue weighted by molar-refractivity contribution is 0.0731. The Kier molecular flexibility index (Phi) is 5.06. The van der Waals surface area contributed by atoms with Crippen LogP contribution in [0.2, 0.25) is 10.0 Å². The lowest BCUT2D eigenvalue weighted by atomic mass is 10.1. The molecule has 2 heterocycles. The molecule has 0 saturated carbocycles. The van der Waals surface area contributed by atoms with Crippen molar-refractivity contribution in [3.8, 4) is 0 Å². The van der Waals surface area contributed by atoms with Crippen molar-refractivity contribution in [2.75, 3.05) is 24.5 Å². The van der Waals surface area contributed by atoms with Gasteiger partial charge >= 0.3 is 0 Å². The van der Waals surface area contributed by atoms with Gasteiger partial charge in [0.25, 0.3) is 5.91 Å². The number of benzene rings is 2. The van der Waals surface area contributed by atoms with Crippen LogP contribution in [0.25, 0.3) is 10.1 Å². The largest absolute Gasteiger partial charge is 0.365 e. The van der Waals surface area contributed by atoms with Crippen LogP contribution in [0.4, 0.5) is 5.69 Å². The minimum atomic E-state index is -0.00678. The number of amides is 1. The second-order valence-electron chi connectivity index (χ2n) is 6.99. The zero-order valence-electron chi connectivity index (χ0n) is 15.2. The van der Waals surface area contributed by atoms with Gasteiger partial charge in [0.1, 0.15) is 4.88 Å². The minimum Gasteiger partial charge on any atom is -0.365 e. The zero-order valence-corrected chi connectivity index (χ0v) is 17.5. The van der Waals surface area contributed by atoms with Gasteiger partial charge in [-0.1, -0.05) is 47.0 Å². The predicted octanol–water partition coefficient (Wildman–Crippen LogP) is 5.87. The first-order chi connectivity index (χ1) is 13.0. The van der Waals surface area contributed by atoms with Crippen molar-refractivity contribution in [1.29, 1.82) is 0 Å². The zero-order chi connectivity index (χ0) is 19.1. The number of anilines is 1. The van der Waals surface area contributed by atoms with Gasteiger partial charge < -0.3 is 9.80 Å². The normalized spacial score (nSPS) is 17.6. The molecule has 1 fully saturated rings. The molecule has 0 bridgehead atoms. The Morgan fingerprint density at radius 1 is 1.11 bits per heavy atom. The van der Waals surface area contributed by atoms with Crippen LogP contribution in [0.5, 0.6) is 0 Å². The van der Waals surface area contributed by atoms with E-state index in [9.17, 15) is 4.79 Å². The fraction of sp³-hybridized carbons (Fsp3) is 0.286. The number of carbonyl (C=O) groups excluding carboxylic acids is 1. The van der Waals surface area contributed by atoms with E-state index in [1.54, 1.807) is 6.07 Å². The van der Waals surface area contributed by atoms with Gasteiger partial charge in [-0.3, -0.25) is 4.79 Å². The molecular weight excluding hydrogens is 399 g/mol. The van der Waals surface area contributed by atoms with E-state index in [0.29, 0.717) is 28.0 Å². The molecule has 0 unspecified atom stereocenters. The Morgan fingerprint density at radius 3 is 2.52 bits per heavy atom. The highest BCUT2D eigenvalue weighted by atomic mass is 35.5. The molecule has 6 heteroatoms. The second-order valence-corrected chi connectivity index (χ2v) is 8.82. The Hall–Kier alpha value is -1.75. The summed E-state index contributed by atoms with van der Waals surface area (Å²) in [4.78, 5) is 18.0. The van der Waals surface area contributed by atoms with Crippen LogP contribution in [0.3, 0.4) is 0 Å². The molecule has 1 aliphatic heterocycles. The molecule has 3 nitrogen and oxygen atoms in total. The van der Waals surface area contributed by atoms with Gasteiger partial charge in [0.05, 0.1) is 10.0 Å². The maximum Gasteiger partial charge on any atom is 0.265 e. The van der Waals surface area contributed by atoms with Crippen molar-refractivity contribution in [3.05, 3.63) is 63.0 Å². The maximum absolute atomic E-state index is 13.1. The molecule has 1 saturated heterocycles. The smallest absolute Gasteiger partial charge is 0.265 e. The van der Waals surface area contributed by atoms with Crippen molar-refractivity contribution in [3.63, 3.8) is 0 Å². The molecule has 1 aromatic heterocycles. The fourth-order valence-corrected chi connectivity index (χ4v) is 5.53. The first-order valence-electron chi connectivity index (χ1n) is 8.95. The Bertz CT molecular complexity index is 999. The molecule has 0 radical (unpaired) electrons. The monoisotopic (exact) mass is 418 g/mol. The topological polar surface area (TPSA) is 23.6 Å². The van der Waals surface area contributed by atoms with Crippen LogP contribution in [0, 0.1) is 6.92 Å². The van der Waals surface area contributed by atoms with Gasteiger partial charge in [-0.2, -0.15) is 0 Å². The first-order valence-corrected chi connectivity index (χ1v) is 10.5. The van der Waals surface area contributed by atoms with Crippen molar-refractivity contribution in [1.82, 2.24) is 4.90 Å². The molecule has 2 aromatic carbocycles. The molecule has 140 valence electrons. The number of nitrogens with zero attached hydrogens (tertiary/aromatic N) is 2. The summed E-state index contributed by atoms with van der Waals surface area (Å²) < 4.78 is 0.946.